The molecule has 9 nitrogen and oxygen atoms in total. The number of aromatic nitrogens is 4. The van der Waals surface area contributed by atoms with Gasteiger partial charge in [-0.1, -0.05) is 0 Å². The summed E-state index contributed by atoms with van der Waals surface area (Å²) in [5, 5.41) is 7.01. The predicted molar refractivity (Wildman–Crippen MR) is 108 cm³/mol. The van der Waals surface area contributed by atoms with E-state index < -0.39 is 42.1 Å². The molecule has 33 heavy (non-hydrogen) atoms. The van der Waals surface area contributed by atoms with Crippen molar-refractivity contribution >= 4 is 17.4 Å². The molecule has 6 rings (SSSR count). The fraction of sp³-hybridized carbons (Fsp3) is 0.429. The highest BCUT2D eigenvalue weighted by molar-refractivity contribution is 6.00. The van der Waals surface area contributed by atoms with Crippen LogP contribution in [0.4, 0.5) is 19.0 Å². The number of fused-ring (bicyclic) bond motifs is 2. The molecule has 2 aliphatic heterocycles. The third-order valence-corrected chi connectivity index (χ3v) is 6.25. The lowest BCUT2D eigenvalue weighted by Crippen LogP contribution is -2.67. The lowest BCUT2D eigenvalue weighted by atomic mass is 9.71. The lowest BCUT2D eigenvalue weighted by Gasteiger charge is -2.55. The van der Waals surface area contributed by atoms with E-state index in [0.717, 1.165) is 6.20 Å². The van der Waals surface area contributed by atoms with E-state index in [-0.39, 0.29) is 42.7 Å². The summed E-state index contributed by atoms with van der Waals surface area (Å²) in [4.78, 5) is 23.2. The van der Waals surface area contributed by atoms with Crippen molar-refractivity contribution in [2.45, 2.75) is 43.8 Å². The van der Waals surface area contributed by atoms with E-state index in [9.17, 15) is 18.0 Å². The van der Waals surface area contributed by atoms with E-state index in [0.29, 0.717) is 11.3 Å². The normalized spacial score (nSPS) is 22.8. The first-order chi connectivity index (χ1) is 15.7. The molecule has 5 heterocycles. The number of hydrogen-bond acceptors (Lipinski definition) is 7. The van der Waals surface area contributed by atoms with Crippen molar-refractivity contribution in [1.82, 2.24) is 24.9 Å². The van der Waals surface area contributed by atoms with Crippen molar-refractivity contribution in [2.75, 3.05) is 18.1 Å². The lowest BCUT2D eigenvalue weighted by molar-refractivity contribution is -0.137. The predicted octanol–water partition coefficient (Wildman–Crippen LogP) is 2.34. The van der Waals surface area contributed by atoms with Crippen LogP contribution in [-0.2, 0) is 6.54 Å². The number of ether oxygens (including phenoxy) is 2. The van der Waals surface area contributed by atoms with Crippen LogP contribution in [0.25, 0.3) is 5.65 Å². The standard InChI is InChI=1S/C21H19F3N6O3/c1-11-7-32-19-12(2-13(22)3-25-19)5-29-17-15(33-10-20(29)8-21(23,24)9-20)6-30-16(28-17)14(4-26-30)18(31)27-11/h2-4,6,11H,5,7-10H2,1H3,(H,27,31)/t11-/m1/s1. The second-order valence-corrected chi connectivity index (χ2v) is 8.87. The van der Waals surface area contributed by atoms with Crippen molar-refractivity contribution in [3.8, 4) is 11.6 Å². The fourth-order valence-corrected chi connectivity index (χ4v) is 4.73. The number of pyridine rings is 1. The van der Waals surface area contributed by atoms with Crippen molar-refractivity contribution in [1.29, 1.82) is 0 Å². The Morgan fingerprint density at radius 1 is 1.24 bits per heavy atom. The minimum atomic E-state index is -2.84. The number of carbonyl (C=O) groups is 1. The van der Waals surface area contributed by atoms with Gasteiger partial charge in [0.05, 0.1) is 36.7 Å². The maximum absolute atomic E-state index is 14.1. The van der Waals surface area contributed by atoms with Crippen LogP contribution in [0.15, 0.2) is 24.7 Å². The second-order valence-electron chi connectivity index (χ2n) is 8.87. The molecule has 3 aromatic heterocycles. The van der Waals surface area contributed by atoms with E-state index in [2.05, 4.69) is 20.4 Å². The summed E-state index contributed by atoms with van der Waals surface area (Å²) < 4.78 is 55.3. The molecular weight excluding hydrogens is 441 g/mol. The van der Waals surface area contributed by atoms with Crippen LogP contribution in [0.3, 0.4) is 0 Å². The van der Waals surface area contributed by atoms with Gasteiger partial charge in [0.2, 0.25) is 5.88 Å². The van der Waals surface area contributed by atoms with Crippen LogP contribution in [0, 0.1) is 5.82 Å². The molecule has 1 fully saturated rings. The van der Waals surface area contributed by atoms with Gasteiger partial charge in [0.25, 0.3) is 11.8 Å². The minimum Gasteiger partial charge on any atom is -0.486 e. The molecule has 1 saturated carbocycles. The Bertz CT molecular complexity index is 1290. The van der Waals surface area contributed by atoms with Crippen molar-refractivity contribution < 1.29 is 27.4 Å². The Hall–Kier alpha value is -3.57. The molecule has 1 amide bonds. The number of halogens is 3. The molecule has 1 spiro atoms. The van der Waals surface area contributed by atoms with Crippen LogP contribution < -0.4 is 19.7 Å². The van der Waals surface area contributed by atoms with Crippen molar-refractivity contribution in [2.24, 2.45) is 0 Å². The Morgan fingerprint density at radius 3 is 2.85 bits per heavy atom. The molecule has 0 aromatic carbocycles. The highest BCUT2D eigenvalue weighted by atomic mass is 19.3. The van der Waals surface area contributed by atoms with Crippen LogP contribution in [-0.4, -0.2) is 56.2 Å². The maximum atomic E-state index is 14.1. The number of nitrogens with one attached hydrogen (secondary N) is 1. The monoisotopic (exact) mass is 460 g/mol. The topological polar surface area (TPSA) is 93.9 Å². The maximum Gasteiger partial charge on any atom is 0.257 e. The van der Waals surface area contributed by atoms with Crippen LogP contribution in [0.5, 0.6) is 11.6 Å². The van der Waals surface area contributed by atoms with Gasteiger partial charge in [0, 0.05) is 18.4 Å². The van der Waals surface area contributed by atoms with Gasteiger partial charge < -0.3 is 19.7 Å². The third-order valence-electron chi connectivity index (χ3n) is 6.25. The number of alkyl halides is 2. The highest BCUT2D eigenvalue weighted by Crippen LogP contribution is 2.54. The molecule has 2 bridgehead atoms. The quantitative estimate of drug-likeness (QED) is 0.550. The van der Waals surface area contributed by atoms with Crippen LogP contribution in [0.1, 0.15) is 35.7 Å². The van der Waals surface area contributed by atoms with E-state index in [1.807, 2.05) is 0 Å². The second kappa shape index (κ2) is 6.72. The van der Waals surface area contributed by atoms with Gasteiger partial charge in [-0.3, -0.25) is 4.79 Å². The third kappa shape index (κ3) is 3.15. The largest absolute Gasteiger partial charge is 0.486 e. The average Bonchev–Trinajstić information content (AvgIpc) is 3.15. The van der Waals surface area contributed by atoms with E-state index in [1.165, 1.54) is 16.8 Å². The molecule has 172 valence electrons. The first-order valence-electron chi connectivity index (χ1n) is 10.5. The zero-order chi connectivity index (χ0) is 23.0. The number of nitrogens with zero attached hydrogens (tertiary/aromatic N) is 5. The number of rotatable bonds is 0. The van der Waals surface area contributed by atoms with E-state index in [1.54, 1.807) is 18.0 Å². The zero-order valence-corrected chi connectivity index (χ0v) is 17.5. The van der Waals surface area contributed by atoms with E-state index >= 15 is 0 Å². The van der Waals surface area contributed by atoms with Gasteiger partial charge in [0.1, 0.15) is 24.6 Å². The summed E-state index contributed by atoms with van der Waals surface area (Å²) in [6.45, 7) is 1.86. The summed E-state index contributed by atoms with van der Waals surface area (Å²) in [7, 11) is 0. The fourth-order valence-electron chi connectivity index (χ4n) is 4.73. The Balaban J connectivity index is 1.56. The van der Waals surface area contributed by atoms with Crippen LogP contribution >= 0.6 is 0 Å². The summed E-state index contributed by atoms with van der Waals surface area (Å²) in [5.41, 5.74) is -0.177. The zero-order valence-electron chi connectivity index (χ0n) is 17.5. The molecule has 12 heteroatoms. The highest BCUT2D eigenvalue weighted by Gasteiger charge is 2.62. The Labute approximate surface area is 185 Å². The molecule has 0 unspecified atom stereocenters. The van der Waals surface area contributed by atoms with Gasteiger partial charge in [-0.25, -0.2) is 27.7 Å². The van der Waals surface area contributed by atoms with Gasteiger partial charge in [0.15, 0.2) is 17.2 Å². The first-order valence-corrected chi connectivity index (χ1v) is 10.5. The molecule has 3 aromatic rings. The molecule has 3 aliphatic rings. The Morgan fingerprint density at radius 2 is 2.06 bits per heavy atom. The number of amides is 1. The van der Waals surface area contributed by atoms with Gasteiger partial charge in [-0.05, 0) is 13.0 Å². The van der Waals surface area contributed by atoms with E-state index in [4.69, 9.17) is 9.47 Å². The molecule has 1 atom stereocenters. The minimum absolute atomic E-state index is 0.00730. The summed E-state index contributed by atoms with van der Waals surface area (Å²) >= 11 is 0. The smallest absolute Gasteiger partial charge is 0.257 e. The number of carbonyl (C=O) groups excluding carboxylic acids is 1. The Kier molecular flexibility index (Phi) is 4.08. The van der Waals surface area contributed by atoms with Gasteiger partial charge in [-0.15, -0.1) is 0 Å². The van der Waals surface area contributed by atoms with Crippen molar-refractivity contribution in [3.63, 3.8) is 0 Å². The van der Waals surface area contributed by atoms with Gasteiger partial charge >= 0.3 is 0 Å². The molecule has 1 N–H and O–H groups in total. The number of anilines is 1. The van der Waals surface area contributed by atoms with Gasteiger partial charge in [-0.2, -0.15) is 5.10 Å². The molecule has 0 radical (unpaired) electrons. The first kappa shape index (κ1) is 20.1. The molecular formula is C21H19F3N6O3. The molecule has 0 saturated heterocycles. The number of hydrogen-bond donors (Lipinski definition) is 1. The SMILES string of the molecule is C[C@@H]1COc2ncc(F)cc2CN2c3nc4c(cnn4cc3OCC23CC(F)(F)C3)C(=O)N1. The molecule has 1 aliphatic carbocycles. The van der Waals surface area contributed by atoms with Crippen molar-refractivity contribution in [3.05, 3.63) is 41.6 Å². The summed E-state index contributed by atoms with van der Waals surface area (Å²) in [5.74, 6) is -3.06. The summed E-state index contributed by atoms with van der Waals surface area (Å²) in [6, 6.07) is 0.867. The average molecular weight is 460 g/mol. The summed E-state index contributed by atoms with van der Waals surface area (Å²) in [6.07, 6.45) is 3.11. The van der Waals surface area contributed by atoms with Crippen LogP contribution in [0.2, 0.25) is 0 Å².